The molecule has 0 aliphatic carbocycles. The van der Waals surface area contributed by atoms with Crippen LogP contribution < -0.4 is 5.32 Å². The molecule has 2 aromatic carbocycles. The van der Waals surface area contributed by atoms with Gasteiger partial charge in [-0.2, -0.15) is 10.1 Å². The summed E-state index contributed by atoms with van der Waals surface area (Å²) in [5.41, 5.74) is 2.17. The summed E-state index contributed by atoms with van der Waals surface area (Å²) in [4.78, 5) is 20.6. The van der Waals surface area contributed by atoms with Crippen LogP contribution in [-0.2, 0) is 11.2 Å². The molecule has 0 fully saturated rings. The van der Waals surface area contributed by atoms with Gasteiger partial charge in [-0.05, 0) is 36.4 Å². The number of hydrogen-bond donors (Lipinski definition) is 1. The molecule has 4 rings (SSSR count). The van der Waals surface area contributed by atoms with Crippen molar-refractivity contribution in [1.29, 1.82) is 0 Å². The summed E-state index contributed by atoms with van der Waals surface area (Å²) in [5, 5.41) is 11.6. The second-order valence-corrected chi connectivity index (χ2v) is 6.36. The van der Waals surface area contributed by atoms with Crippen molar-refractivity contribution in [2.24, 2.45) is 0 Å². The zero-order chi connectivity index (χ0) is 19.3. The first kappa shape index (κ1) is 17.9. The molecule has 9 heteroatoms. The van der Waals surface area contributed by atoms with E-state index >= 15 is 0 Å². The van der Waals surface area contributed by atoms with E-state index in [1.165, 1.54) is 6.33 Å². The Bertz CT molecular complexity index is 1080. The Labute approximate surface area is 165 Å². The fourth-order valence-corrected chi connectivity index (χ4v) is 2.74. The molecule has 0 unspecified atom stereocenters. The molecule has 0 saturated carbocycles. The number of aryl methyl sites for hydroxylation is 1. The van der Waals surface area contributed by atoms with E-state index in [2.05, 4.69) is 25.5 Å². The summed E-state index contributed by atoms with van der Waals surface area (Å²) in [6.07, 6.45) is 3.54. The molecule has 2 heterocycles. The van der Waals surface area contributed by atoms with Gasteiger partial charge in [0.25, 0.3) is 0 Å². The first-order valence-corrected chi connectivity index (χ1v) is 8.89. The smallest absolute Gasteiger partial charge is 0.227 e. The number of nitrogens with one attached hydrogen (secondary N) is 1. The van der Waals surface area contributed by atoms with Crippen molar-refractivity contribution in [3.8, 4) is 17.1 Å². The van der Waals surface area contributed by atoms with Crippen molar-refractivity contribution in [2.45, 2.75) is 12.8 Å². The van der Waals surface area contributed by atoms with Crippen LogP contribution in [-0.4, -0.2) is 30.8 Å². The van der Waals surface area contributed by atoms with Crippen LogP contribution in [0.3, 0.4) is 0 Å². The average molecular weight is 395 g/mol. The van der Waals surface area contributed by atoms with Crippen LogP contribution in [0, 0.1) is 0 Å². The van der Waals surface area contributed by atoms with E-state index in [0.29, 0.717) is 28.8 Å². The number of nitrogens with zero attached hydrogens (tertiary/aromatic N) is 5. The molecular weight excluding hydrogens is 380 g/mol. The molecule has 0 bridgehead atoms. The first-order valence-electron chi connectivity index (χ1n) is 8.51. The van der Waals surface area contributed by atoms with Crippen LogP contribution in [0.2, 0.25) is 5.02 Å². The Kier molecular flexibility index (Phi) is 5.11. The van der Waals surface area contributed by atoms with Gasteiger partial charge in [0, 0.05) is 23.4 Å². The molecule has 8 nitrogen and oxygen atoms in total. The van der Waals surface area contributed by atoms with E-state index in [1.807, 2.05) is 30.3 Å². The molecule has 0 atom stereocenters. The highest BCUT2D eigenvalue weighted by Crippen LogP contribution is 2.20. The van der Waals surface area contributed by atoms with Crippen LogP contribution in [0.15, 0.2) is 65.7 Å². The molecule has 1 amide bonds. The monoisotopic (exact) mass is 394 g/mol. The highest BCUT2D eigenvalue weighted by atomic mass is 35.5. The van der Waals surface area contributed by atoms with Gasteiger partial charge < -0.3 is 9.84 Å². The van der Waals surface area contributed by atoms with E-state index < -0.39 is 0 Å². The van der Waals surface area contributed by atoms with E-state index in [1.54, 1.807) is 29.2 Å². The number of rotatable bonds is 6. The average Bonchev–Trinajstić information content (AvgIpc) is 3.40. The Morgan fingerprint density at radius 2 is 1.96 bits per heavy atom. The third kappa shape index (κ3) is 4.07. The topological polar surface area (TPSA) is 98.7 Å². The van der Waals surface area contributed by atoms with Gasteiger partial charge in [-0.1, -0.05) is 28.9 Å². The van der Waals surface area contributed by atoms with Crippen molar-refractivity contribution in [3.05, 3.63) is 72.1 Å². The minimum absolute atomic E-state index is 0.168. The zero-order valence-electron chi connectivity index (χ0n) is 14.6. The predicted molar refractivity (Wildman–Crippen MR) is 103 cm³/mol. The quantitative estimate of drug-likeness (QED) is 0.537. The minimum Gasteiger partial charge on any atom is -0.339 e. The fourth-order valence-electron chi connectivity index (χ4n) is 2.62. The van der Waals surface area contributed by atoms with Crippen LogP contribution in [0.4, 0.5) is 5.69 Å². The number of aromatic nitrogens is 5. The Balaban J connectivity index is 1.39. The molecule has 28 heavy (non-hydrogen) atoms. The van der Waals surface area contributed by atoms with E-state index in [9.17, 15) is 4.79 Å². The van der Waals surface area contributed by atoms with Gasteiger partial charge in [0.15, 0.2) is 0 Å². The number of hydrogen-bond acceptors (Lipinski definition) is 6. The van der Waals surface area contributed by atoms with E-state index in [0.717, 1.165) is 11.3 Å². The highest BCUT2D eigenvalue weighted by molar-refractivity contribution is 6.30. The summed E-state index contributed by atoms with van der Waals surface area (Å²) < 4.78 is 6.83. The lowest BCUT2D eigenvalue weighted by molar-refractivity contribution is -0.116. The second kappa shape index (κ2) is 8.01. The maximum Gasteiger partial charge on any atom is 0.227 e. The Hall–Kier alpha value is -3.52. The van der Waals surface area contributed by atoms with Gasteiger partial charge >= 0.3 is 0 Å². The van der Waals surface area contributed by atoms with Gasteiger partial charge in [0.2, 0.25) is 17.6 Å². The van der Waals surface area contributed by atoms with Crippen molar-refractivity contribution in [1.82, 2.24) is 24.9 Å². The number of benzene rings is 2. The molecule has 1 N–H and O–H groups in total. The van der Waals surface area contributed by atoms with Gasteiger partial charge in [-0.25, -0.2) is 9.67 Å². The lowest BCUT2D eigenvalue weighted by Crippen LogP contribution is -2.14. The summed E-state index contributed by atoms with van der Waals surface area (Å²) >= 11 is 5.88. The molecule has 140 valence electrons. The van der Waals surface area contributed by atoms with Gasteiger partial charge in [-0.15, -0.1) is 0 Å². The van der Waals surface area contributed by atoms with Crippen molar-refractivity contribution < 1.29 is 9.32 Å². The van der Waals surface area contributed by atoms with Crippen LogP contribution >= 0.6 is 11.6 Å². The summed E-state index contributed by atoms with van der Waals surface area (Å²) in [5.74, 6) is 0.687. The van der Waals surface area contributed by atoms with Gasteiger partial charge in [0.05, 0.1) is 11.4 Å². The number of carbonyl (C=O) groups is 1. The second-order valence-electron chi connectivity index (χ2n) is 5.92. The number of halogens is 1. The standard InChI is InChI=1S/C19H15ClN6O2/c20-14-7-5-13(6-8-14)19-24-18(28-25-19)10-9-17(27)23-15-3-1-2-4-16(15)26-12-21-11-22-26/h1-8,11-12H,9-10H2,(H,23,27). The summed E-state index contributed by atoms with van der Waals surface area (Å²) in [6, 6.07) is 14.5. The highest BCUT2D eigenvalue weighted by Gasteiger charge is 2.12. The molecular formula is C19H15ClN6O2. The number of carbonyl (C=O) groups excluding carboxylic acids is 1. The van der Waals surface area contributed by atoms with E-state index in [4.69, 9.17) is 16.1 Å². The fraction of sp³-hybridized carbons (Fsp3) is 0.105. The number of para-hydroxylation sites is 2. The number of amides is 1. The van der Waals surface area contributed by atoms with Crippen LogP contribution in [0.25, 0.3) is 17.1 Å². The van der Waals surface area contributed by atoms with Crippen LogP contribution in [0.5, 0.6) is 0 Å². The van der Waals surface area contributed by atoms with E-state index in [-0.39, 0.29) is 12.3 Å². The molecule has 0 saturated heterocycles. The molecule has 0 spiro atoms. The van der Waals surface area contributed by atoms with Crippen LogP contribution in [0.1, 0.15) is 12.3 Å². The summed E-state index contributed by atoms with van der Waals surface area (Å²) in [6.45, 7) is 0. The summed E-state index contributed by atoms with van der Waals surface area (Å²) in [7, 11) is 0. The third-order valence-electron chi connectivity index (χ3n) is 3.98. The normalized spacial score (nSPS) is 10.8. The largest absolute Gasteiger partial charge is 0.339 e. The lowest BCUT2D eigenvalue weighted by atomic mass is 10.2. The molecule has 0 aliphatic heterocycles. The minimum atomic E-state index is -0.168. The first-order chi connectivity index (χ1) is 13.7. The molecule has 4 aromatic rings. The Morgan fingerprint density at radius 3 is 2.75 bits per heavy atom. The number of anilines is 1. The maximum atomic E-state index is 12.4. The van der Waals surface area contributed by atoms with Crippen molar-refractivity contribution in [3.63, 3.8) is 0 Å². The van der Waals surface area contributed by atoms with Gasteiger partial charge in [-0.3, -0.25) is 4.79 Å². The SMILES string of the molecule is O=C(CCc1nc(-c2ccc(Cl)cc2)no1)Nc1ccccc1-n1cncn1. The Morgan fingerprint density at radius 1 is 1.14 bits per heavy atom. The van der Waals surface area contributed by atoms with Crippen molar-refractivity contribution in [2.75, 3.05) is 5.32 Å². The molecule has 0 aliphatic rings. The predicted octanol–water partition coefficient (Wildman–Crippen LogP) is 3.54. The third-order valence-corrected chi connectivity index (χ3v) is 4.23. The maximum absolute atomic E-state index is 12.4. The van der Waals surface area contributed by atoms with Crippen molar-refractivity contribution >= 4 is 23.2 Å². The zero-order valence-corrected chi connectivity index (χ0v) is 15.4. The lowest BCUT2D eigenvalue weighted by Gasteiger charge is -2.10. The molecule has 0 radical (unpaired) electrons. The van der Waals surface area contributed by atoms with Gasteiger partial charge in [0.1, 0.15) is 12.7 Å². The molecule has 2 aromatic heterocycles.